The van der Waals surface area contributed by atoms with Gasteiger partial charge < -0.3 is 9.47 Å². The number of allylic oxidation sites excluding steroid dienone is 1. The van der Waals surface area contributed by atoms with E-state index < -0.39 is 0 Å². The molecule has 3 aromatic rings. The zero-order chi connectivity index (χ0) is 19.9. The topological polar surface area (TPSA) is 55.1 Å². The van der Waals surface area contributed by atoms with Gasteiger partial charge in [-0.2, -0.15) is 5.26 Å². The van der Waals surface area contributed by atoms with Crippen molar-refractivity contribution in [1.29, 1.82) is 5.26 Å². The predicted molar refractivity (Wildman–Crippen MR) is 115 cm³/mol. The Hall–Kier alpha value is -2.81. The molecule has 0 saturated carbocycles. The summed E-state index contributed by atoms with van der Waals surface area (Å²) in [5.41, 5.74) is 3.13. The molecule has 0 bridgehead atoms. The fourth-order valence-electron chi connectivity index (χ4n) is 2.62. The van der Waals surface area contributed by atoms with Crippen LogP contribution in [-0.2, 0) is 0 Å². The number of nitriles is 1. The van der Waals surface area contributed by atoms with Gasteiger partial charge in [0, 0.05) is 16.0 Å². The van der Waals surface area contributed by atoms with Crippen molar-refractivity contribution in [3.05, 3.63) is 63.4 Å². The van der Waals surface area contributed by atoms with E-state index in [0.717, 1.165) is 16.8 Å². The molecule has 0 aliphatic heterocycles. The summed E-state index contributed by atoms with van der Waals surface area (Å²) >= 11 is 7.38. The Morgan fingerprint density at radius 2 is 1.82 bits per heavy atom. The van der Waals surface area contributed by atoms with Crippen LogP contribution in [0.4, 0.5) is 0 Å². The first-order valence-electron chi connectivity index (χ1n) is 8.87. The monoisotopic (exact) mass is 410 g/mol. The fraction of sp³-hybridized carbons (Fsp3) is 0.182. The van der Waals surface area contributed by atoms with E-state index in [2.05, 4.69) is 11.1 Å². The first-order chi connectivity index (χ1) is 13.6. The minimum absolute atomic E-state index is 0.497. The Morgan fingerprint density at radius 1 is 1.11 bits per heavy atom. The van der Waals surface area contributed by atoms with Gasteiger partial charge in [-0.3, -0.25) is 0 Å². The largest absolute Gasteiger partial charge is 0.490 e. The third-order valence-electron chi connectivity index (χ3n) is 3.87. The molecule has 1 aromatic heterocycles. The van der Waals surface area contributed by atoms with E-state index in [1.165, 1.54) is 11.3 Å². The lowest BCUT2D eigenvalue weighted by Crippen LogP contribution is -1.98. The Bertz CT molecular complexity index is 1020. The van der Waals surface area contributed by atoms with Crippen LogP contribution in [0.3, 0.4) is 0 Å². The summed E-state index contributed by atoms with van der Waals surface area (Å²) in [7, 11) is 0. The lowest BCUT2D eigenvalue weighted by molar-refractivity contribution is 0.287. The molecule has 28 heavy (non-hydrogen) atoms. The summed E-state index contributed by atoms with van der Waals surface area (Å²) in [5, 5.41) is 12.9. The van der Waals surface area contributed by atoms with Crippen LogP contribution >= 0.6 is 22.9 Å². The summed E-state index contributed by atoms with van der Waals surface area (Å²) in [6.45, 7) is 4.95. The van der Waals surface area contributed by atoms with Crippen molar-refractivity contribution in [2.45, 2.75) is 13.8 Å². The molecule has 1 heterocycles. The zero-order valence-electron chi connectivity index (χ0n) is 15.6. The Kier molecular flexibility index (Phi) is 6.70. The molecular formula is C22H19ClN2O2S. The number of thiazole rings is 1. The molecule has 4 nitrogen and oxygen atoms in total. The maximum atomic E-state index is 9.64. The summed E-state index contributed by atoms with van der Waals surface area (Å²) in [6, 6.07) is 15.4. The molecule has 0 unspecified atom stereocenters. The van der Waals surface area contributed by atoms with Crippen LogP contribution in [0.25, 0.3) is 22.9 Å². The summed E-state index contributed by atoms with van der Waals surface area (Å²) in [5.74, 6) is 1.36. The second-order valence-corrected chi connectivity index (χ2v) is 7.08. The minimum atomic E-state index is 0.497. The summed E-state index contributed by atoms with van der Waals surface area (Å²) < 4.78 is 11.3. The molecule has 2 aromatic carbocycles. The SMILES string of the molecule is CCOc1ccc(/C=C(/C#N)c2nc(-c3ccc(Cl)cc3)cs2)cc1OCC. The van der Waals surface area contributed by atoms with E-state index in [0.29, 0.717) is 40.3 Å². The third-order valence-corrected chi connectivity index (χ3v) is 5.00. The first-order valence-corrected chi connectivity index (χ1v) is 10.1. The predicted octanol–water partition coefficient (Wildman–Crippen LogP) is 6.33. The number of rotatable bonds is 7. The highest BCUT2D eigenvalue weighted by Crippen LogP contribution is 2.32. The van der Waals surface area contributed by atoms with Gasteiger partial charge in [0.05, 0.1) is 24.5 Å². The summed E-state index contributed by atoms with van der Waals surface area (Å²) in [6.07, 6.45) is 1.81. The molecule has 3 rings (SSSR count). The van der Waals surface area contributed by atoms with E-state index in [1.54, 1.807) is 0 Å². The number of aromatic nitrogens is 1. The van der Waals surface area contributed by atoms with Gasteiger partial charge in [-0.15, -0.1) is 11.3 Å². The number of benzene rings is 2. The molecule has 0 aliphatic carbocycles. The van der Waals surface area contributed by atoms with Crippen molar-refractivity contribution >= 4 is 34.6 Å². The van der Waals surface area contributed by atoms with Crippen LogP contribution < -0.4 is 9.47 Å². The van der Waals surface area contributed by atoms with Gasteiger partial charge in [-0.05, 0) is 49.8 Å². The van der Waals surface area contributed by atoms with Crippen LogP contribution in [0.2, 0.25) is 5.02 Å². The molecule has 0 amide bonds. The highest BCUT2D eigenvalue weighted by Gasteiger charge is 2.11. The highest BCUT2D eigenvalue weighted by molar-refractivity contribution is 7.11. The number of hydrogen-bond acceptors (Lipinski definition) is 5. The average molecular weight is 411 g/mol. The standard InChI is InChI=1S/C22H19ClN2O2S/c1-3-26-20-10-5-15(12-21(20)27-4-2)11-17(13-24)22-25-19(14-28-22)16-6-8-18(23)9-7-16/h5-12,14H,3-4H2,1-2H3/b17-11-. The minimum Gasteiger partial charge on any atom is -0.490 e. The van der Waals surface area contributed by atoms with Crippen molar-refractivity contribution in [3.8, 4) is 28.8 Å². The molecule has 0 N–H and O–H groups in total. The number of nitrogens with zero attached hydrogens (tertiary/aromatic N) is 2. The number of ether oxygens (including phenoxy) is 2. The van der Waals surface area contributed by atoms with E-state index in [-0.39, 0.29) is 0 Å². The van der Waals surface area contributed by atoms with Gasteiger partial charge in [-0.1, -0.05) is 29.8 Å². The van der Waals surface area contributed by atoms with E-state index in [4.69, 9.17) is 21.1 Å². The quantitative estimate of drug-likeness (QED) is 0.427. The normalized spacial score (nSPS) is 11.1. The first kappa shape index (κ1) is 19.9. The zero-order valence-corrected chi connectivity index (χ0v) is 17.2. The Labute approximate surface area is 173 Å². The second-order valence-electron chi connectivity index (χ2n) is 5.79. The van der Waals surface area contributed by atoms with Crippen LogP contribution in [0.5, 0.6) is 11.5 Å². The molecule has 6 heteroatoms. The average Bonchev–Trinajstić information content (AvgIpc) is 3.19. The molecule has 0 spiro atoms. The fourth-order valence-corrected chi connectivity index (χ4v) is 3.54. The van der Waals surface area contributed by atoms with E-state index >= 15 is 0 Å². The van der Waals surface area contributed by atoms with Crippen LogP contribution in [0.1, 0.15) is 24.4 Å². The maximum Gasteiger partial charge on any atom is 0.161 e. The van der Waals surface area contributed by atoms with Gasteiger partial charge in [0.15, 0.2) is 11.5 Å². The van der Waals surface area contributed by atoms with E-state index in [1.807, 2.05) is 67.8 Å². The molecule has 0 fully saturated rings. The Morgan fingerprint density at radius 3 is 2.50 bits per heavy atom. The highest BCUT2D eigenvalue weighted by atomic mass is 35.5. The molecule has 142 valence electrons. The molecular weight excluding hydrogens is 392 g/mol. The van der Waals surface area contributed by atoms with Crippen molar-refractivity contribution < 1.29 is 9.47 Å². The third kappa shape index (κ3) is 4.72. The van der Waals surface area contributed by atoms with Crippen molar-refractivity contribution in [2.75, 3.05) is 13.2 Å². The molecule has 0 aliphatic rings. The van der Waals surface area contributed by atoms with Gasteiger partial charge >= 0.3 is 0 Å². The van der Waals surface area contributed by atoms with Crippen molar-refractivity contribution in [1.82, 2.24) is 4.98 Å². The smallest absolute Gasteiger partial charge is 0.161 e. The van der Waals surface area contributed by atoms with Gasteiger partial charge in [0.1, 0.15) is 11.1 Å². The number of hydrogen-bond donors (Lipinski definition) is 0. The lowest BCUT2D eigenvalue weighted by atomic mass is 10.1. The van der Waals surface area contributed by atoms with E-state index in [9.17, 15) is 5.26 Å². The van der Waals surface area contributed by atoms with Gasteiger partial charge in [0.2, 0.25) is 0 Å². The molecule has 0 saturated heterocycles. The van der Waals surface area contributed by atoms with Gasteiger partial charge in [0.25, 0.3) is 0 Å². The maximum absolute atomic E-state index is 9.64. The number of halogens is 1. The second kappa shape index (κ2) is 9.41. The van der Waals surface area contributed by atoms with Crippen LogP contribution in [0.15, 0.2) is 47.8 Å². The van der Waals surface area contributed by atoms with Crippen LogP contribution in [-0.4, -0.2) is 18.2 Å². The van der Waals surface area contributed by atoms with Crippen molar-refractivity contribution in [3.63, 3.8) is 0 Å². The van der Waals surface area contributed by atoms with Gasteiger partial charge in [-0.25, -0.2) is 4.98 Å². The van der Waals surface area contributed by atoms with Crippen molar-refractivity contribution in [2.24, 2.45) is 0 Å². The Balaban J connectivity index is 1.91. The molecule has 0 atom stereocenters. The summed E-state index contributed by atoms with van der Waals surface area (Å²) in [4.78, 5) is 4.61. The lowest BCUT2D eigenvalue weighted by Gasteiger charge is -2.11. The van der Waals surface area contributed by atoms with Crippen LogP contribution in [0, 0.1) is 11.3 Å². The molecule has 0 radical (unpaired) electrons.